The zero-order valence-electron chi connectivity index (χ0n) is 11.1. The SMILES string of the molecule is N#CCc1ccc(F)c(C(=O)C2CC3CCC(C2)O3)c1. The third-order valence-corrected chi connectivity index (χ3v) is 4.24. The van der Waals surface area contributed by atoms with E-state index in [0.717, 1.165) is 12.8 Å². The highest BCUT2D eigenvalue weighted by atomic mass is 19.1. The van der Waals surface area contributed by atoms with Gasteiger partial charge in [-0.2, -0.15) is 5.26 Å². The molecular formula is C16H16FNO2. The molecule has 0 N–H and O–H groups in total. The minimum Gasteiger partial charge on any atom is -0.375 e. The molecule has 2 atom stereocenters. The van der Waals surface area contributed by atoms with Crippen molar-refractivity contribution in [3.8, 4) is 6.07 Å². The molecule has 2 heterocycles. The standard InChI is InChI=1S/C16H16FNO2/c17-15-4-1-10(5-6-18)7-14(15)16(19)11-8-12-2-3-13(9-11)20-12/h1,4,7,11-13H,2-3,5,8-9H2. The van der Waals surface area contributed by atoms with Crippen LogP contribution in [0.25, 0.3) is 0 Å². The van der Waals surface area contributed by atoms with Gasteiger partial charge in [-0.05, 0) is 43.4 Å². The molecule has 1 aromatic rings. The smallest absolute Gasteiger partial charge is 0.169 e. The summed E-state index contributed by atoms with van der Waals surface area (Å²) in [4.78, 5) is 12.5. The first-order chi connectivity index (χ1) is 9.67. The van der Waals surface area contributed by atoms with Crippen molar-refractivity contribution in [2.45, 2.75) is 44.3 Å². The van der Waals surface area contributed by atoms with Gasteiger partial charge >= 0.3 is 0 Å². The number of carbonyl (C=O) groups excluding carboxylic acids is 1. The lowest BCUT2D eigenvalue weighted by molar-refractivity contribution is -0.0149. The van der Waals surface area contributed by atoms with Crippen molar-refractivity contribution in [3.63, 3.8) is 0 Å². The maximum atomic E-state index is 13.9. The van der Waals surface area contributed by atoms with E-state index in [1.165, 1.54) is 12.1 Å². The molecule has 0 aliphatic carbocycles. The first kappa shape index (κ1) is 13.3. The monoisotopic (exact) mass is 273 g/mol. The van der Waals surface area contributed by atoms with Crippen molar-refractivity contribution < 1.29 is 13.9 Å². The third kappa shape index (κ3) is 2.46. The third-order valence-electron chi connectivity index (χ3n) is 4.24. The van der Waals surface area contributed by atoms with Gasteiger partial charge < -0.3 is 4.74 Å². The summed E-state index contributed by atoms with van der Waals surface area (Å²) < 4.78 is 19.6. The highest BCUT2D eigenvalue weighted by Gasteiger charge is 2.38. The number of hydrogen-bond donors (Lipinski definition) is 0. The summed E-state index contributed by atoms with van der Waals surface area (Å²) in [5, 5.41) is 8.70. The average molecular weight is 273 g/mol. The van der Waals surface area contributed by atoms with Crippen molar-refractivity contribution >= 4 is 5.78 Å². The summed E-state index contributed by atoms with van der Waals surface area (Å²) in [5.41, 5.74) is 0.816. The van der Waals surface area contributed by atoms with E-state index in [2.05, 4.69) is 0 Å². The molecule has 20 heavy (non-hydrogen) atoms. The second-order valence-corrected chi connectivity index (χ2v) is 5.64. The Kier molecular flexibility index (Phi) is 3.54. The van der Waals surface area contributed by atoms with Crippen LogP contribution in [-0.4, -0.2) is 18.0 Å². The van der Waals surface area contributed by atoms with E-state index >= 15 is 0 Å². The zero-order valence-corrected chi connectivity index (χ0v) is 11.1. The number of ether oxygens (including phenoxy) is 1. The minimum atomic E-state index is -0.490. The molecule has 0 aromatic heterocycles. The molecule has 3 nitrogen and oxygen atoms in total. The van der Waals surface area contributed by atoms with Crippen LogP contribution in [0.2, 0.25) is 0 Å². The molecule has 0 amide bonds. The first-order valence-electron chi connectivity index (χ1n) is 7.02. The van der Waals surface area contributed by atoms with Gasteiger partial charge in [-0.3, -0.25) is 4.79 Å². The Morgan fingerprint density at radius 2 is 2.05 bits per heavy atom. The molecule has 0 spiro atoms. The van der Waals surface area contributed by atoms with Crippen LogP contribution in [0.15, 0.2) is 18.2 Å². The number of nitriles is 1. The molecule has 0 saturated carbocycles. The molecule has 1 aromatic carbocycles. The van der Waals surface area contributed by atoms with Crippen LogP contribution < -0.4 is 0 Å². The van der Waals surface area contributed by atoms with E-state index in [-0.39, 0.29) is 35.9 Å². The second kappa shape index (κ2) is 5.34. The van der Waals surface area contributed by atoms with E-state index in [0.29, 0.717) is 18.4 Å². The molecule has 2 unspecified atom stereocenters. The number of ketones is 1. The highest BCUT2D eigenvalue weighted by Crippen LogP contribution is 2.37. The molecule has 0 radical (unpaired) electrons. The number of Topliss-reactive ketones (excluding diaryl/α,β-unsaturated/α-hetero) is 1. The lowest BCUT2D eigenvalue weighted by atomic mass is 9.87. The Labute approximate surface area is 117 Å². The number of halogens is 1. The van der Waals surface area contributed by atoms with Crippen LogP contribution in [-0.2, 0) is 11.2 Å². The largest absolute Gasteiger partial charge is 0.375 e. The van der Waals surface area contributed by atoms with Crippen molar-refractivity contribution in [3.05, 3.63) is 35.1 Å². The van der Waals surface area contributed by atoms with Gasteiger partial charge in [-0.1, -0.05) is 6.07 Å². The summed E-state index contributed by atoms with van der Waals surface area (Å²) in [7, 11) is 0. The van der Waals surface area contributed by atoms with Crippen LogP contribution in [0.1, 0.15) is 41.6 Å². The van der Waals surface area contributed by atoms with Crippen LogP contribution in [0.4, 0.5) is 4.39 Å². The van der Waals surface area contributed by atoms with Crippen molar-refractivity contribution in [2.24, 2.45) is 5.92 Å². The van der Waals surface area contributed by atoms with Gasteiger partial charge in [0.05, 0.1) is 30.3 Å². The van der Waals surface area contributed by atoms with Crippen molar-refractivity contribution in [2.75, 3.05) is 0 Å². The fourth-order valence-corrected chi connectivity index (χ4v) is 3.25. The summed E-state index contributed by atoms with van der Waals surface area (Å²) in [6, 6.07) is 6.39. The molecule has 2 aliphatic heterocycles. The van der Waals surface area contributed by atoms with Gasteiger partial charge in [0, 0.05) is 5.92 Å². The normalized spacial score (nSPS) is 28.1. The average Bonchev–Trinajstić information content (AvgIpc) is 2.79. The maximum Gasteiger partial charge on any atom is 0.169 e. The van der Waals surface area contributed by atoms with Gasteiger partial charge in [-0.25, -0.2) is 4.39 Å². The first-order valence-corrected chi connectivity index (χ1v) is 7.02. The number of carbonyl (C=O) groups is 1. The van der Waals surface area contributed by atoms with Gasteiger partial charge in [0.2, 0.25) is 0 Å². The van der Waals surface area contributed by atoms with Crippen molar-refractivity contribution in [1.82, 2.24) is 0 Å². The minimum absolute atomic E-state index is 0.129. The van der Waals surface area contributed by atoms with Crippen LogP contribution in [0, 0.1) is 23.1 Å². The van der Waals surface area contributed by atoms with Gasteiger partial charge in [-0.15, -0.1) is 0 Å². The van der Waals surface area contributed by atoms with Crippen molar-refractivity contribution in [1.29, 1.82) is 5.26 Å². The van der Waals surface area contributed by atoms with Gasteiger partial charge in [0.1, 0.15) is 5.82 Å². The molecular weight excluding hydrogens is 257 g/mol. The summed E-state index contributed by atoms with van der Waals surface area (Å²) in [6.45, 7) is 0. The summed E-state index contributed by atoms with van der Waals surface area (Å²) in [5.74, 6) is -0.772. The quantitative estimate of drug-likeness (QED) is 0.795. The Morgan fingerprint density at radius 1 is 1.35 bits per heavy atom. The van der Waals surface area contributed by atoms with E-state index in [1.54, 1.807) is 6.07 Å². The molecule has 2 fully saturated rings. The number of hydrogen-bond acceptors (Lipinski definition) is 3. The van der Waals surface area contributed by atoms with Crippen LogP contribution >= 0.6 is 0 Å². The lowest BCUT2D eigenvalue weighted by Crippen LogP contribution is -2.30. The Hall–Kier alpha value is -1.73. The molecule has 3 rings (SSSR count). The second-order valence-electron chi connectivity index (χ2n) is 5.64. The van der Waals surface area contributed by atoms with E-state index in [9.17, 15) is 9.18 Å². The fraction of sp³-hybridized carbons (Fsp3) is 0.500. The Bertz CT molecular complexity index is 566. The predicted molar refractivity (Wildman–Crippen MR) is 70.7 cm³/mol. The van der Waals surface area contributed by atoms with E-state index in [1.807, 2.05) is 6.07 Å². The van der Waals surface area contributed by atoms with Gasteiger partial charge in [0.15, 0.2) is 5.78 Å². The number of nitrogens with zero attached hydrogens (tertiary/aromatic N) is 1. The molecule has 2 bridgehead atoms. The lowest BCUT2D eigenvalue weighted by Gasteiger charge is -2.27. The molecule has 104 valence electrons. The Balaban J connectivity index is 1.83. The summed E-state index contributed by atoms with van der Waals surface area (Å²) >= 11 is 0. The van der Waals surface area contributed by atoms with Crippen LogP contribution in [0.3, 0.4) is 0 Å². The Morgan fingerprint density at radius 3 is 2.70 bits per heavy atom. The number of benzene rings is 1. The van der Waals surface area contributed by atoms with E-state index < -0.39 is 5.82 Å². The summed E-state index contributed by atoms with van der Waals surface area (Å²) in [6.07, 6.45) is 3.91. The highest BCUT2D eigenvalue weighted by molar-refractivity contribution is 5.98. The molecule has 2 aliphatic rings. The number of fused-ring (bicyclic) bond motifs is 2. The van der Waals surface area contributed by atoms with E-state index in [4.69, 9.17) is 10.00 Å². The number of rotatable bonds is 3. The molecule has 2 saturated heterocycles. The zero-order chi connectivity index (χ0) is 14.1. The maximum absolute atomic E-state index is 13.9. The van der Waals surface area contributed by atoms with Crippen LogP contribution in [0.5, 0.6) is 0 Å². The molecule has 4 heteroatoms. The predicted octanol–water partition coefficient (Wildman–Crippen LogP) is 3.03. The topological polar surface area (TPSA) is 50.1 Å². The fourth-order valence-electron chi connectivity index (χ4n) is 3.25. The van der Waals surface area contributed by atoms with Gasteiger partial charge in [0.25, 0.3) is 0 Å².